The Morgan fingerprint density at radius 3 is 1.13 bits per heavy atom. The minimum Gasteiger partial charge on any atom is -0.308 e. The van der Waals surface area contributed by atoms with E-state index in [2.05, 4.69) is 396 Å². The molecule has 20 rings (SSSR count). The van der Waals surface area contributed by atoms with E-state index in [1.165, 1.54) is 234 Å². The lowest BCUT2D eigenvalue weighted by atomic mass is 9.68. The van der Waals surface area contributed by atoms with Gasteiger partial charge in [-0.05, 0) is 275 Å². The smallest absolute Gasteiger partial charge is 0.0588 e. The second kappa shape index (κ2) is 27.1. The van der Waals surface area contributed by atoms with Gasteiger partial charge in [-0.25, -0.2) is 0 Å². The van der Waals surface area contributed by atoms with E-state index in [0.29, 0.717) is 6.42 Å². The fourth-order valence-electron chi connectivity index (χ4n) is 20.4. The minimum atomic E-state index is -0.488. The van der Waals surface area contributed by atoms with E-state index in [1.807, 2.05) is 0 Å². The standard InChI is InChI=1S/C112H91N/c1-68-61-88-83-55-32-29-51-78(83)63-91(88)96(70(68)3)103-90(87-59-36-35-54-82(87)72-39-17-11-18-40-72)66-81-67-94-105(98(81)106(103)104-93-65-80-53-31-34-58-86(80)102(93)107(111(5,6)7)99(75-45-23-14-24-46-75)97(104)74-43-21-13-22-44-74)108(112(8,9)10)100(76-47-25-15-26-48-76)101(77-49-27-16-28-50-77)110(94)113(95-60-38-37-57-85(95)73-41-19-12-20-42-73)109-71(4)69(2)62-89-84-56-33-30-52-79(84)64-92(89)109/h11-62,66H,63-65,67H2,1-10H3. The van der Waals surface area contributed by atoms with E-state index in [9.17, 15) is 0 Å². The summed E-state index contributed by atoms with van der Waals surface area (Å²) in [5.74, 6) is 0. The van der Waals surface area contributed by atoms with Gasteiger partial charge in [-0.3, -0.25) is 0 Å². The van der Waals surface area contributed by atoms with Gasteiger partial charge in [0.15, 0.2) is 0 Å². The highest BCUT2D eigenvalue weighted by Gasteiger charge is 2.45. The number of rotatable bonds is 12. The normalized spacial score (nSPS) is 12.7. The summed E-state index contributed by atoms with van der Waals surface area (Å²) >= 11 is 0. The average Bonchev–Trinajstić information content (AvgIpc) is 1.58. The van der Waals surface area contributed by atoms with Crippen LogP contribution in [0.5, 0.6) is 0 Å². The van der Waals surface area contributed by atoms with E-state index in [-0.39, 0.29) is 5.41 Å². The number of hydrogen-bond acceptors (Lipinski definition) is 1. The summed E-state index contributed by atoms with van der Waals surface area (Å²) in [6.45, 7) is 24.6. The third-order valence-corrected chi connectivity index (χ3v) is 25.3. The van der Waals surface area contributed by atoms with Crippen LogP contribution in [0.25, 0.3) is 145 Å². The first kappa shape index (κ1) is 69.5. The Bertz CT molecular complexity index is 6540. The molecule has 0 spiro atoms. The molecule has 1 heteroatoms. The van der Waals surface area contributed by atoms with E-state index in [4.69, 9.17) is 0 Å². The molecule has 0 heterocycles. The van der Waals surface area contributed by atoms with Gasteiger partial charge in [0, 0.05) is 24.0 Å². The number of para-hydroxylation sites is 1. The second-order valence-corrected chi connectivity index (χ2v) is 34.1. The topological polar surface area (TPSA) is 3.24 Å². The van der Waals surface area contributed by atoms with Crippen molar-refractivity contribution in [1.82, 2.24) is 0 Å². The van der Waals surface area contributed by atoms with Crippen molar-refractivity contribution in [2.45, 2.75) is 106 Å². The van der Waals surface area contributed by atoms with Gasteiger partial charge in [-0.1, -0.05) is 351 Å². The molecule has 0 atom stereocenters. The summed E-state index contributed by atoms with van der Waals surface area (Å²) in [5.41, 5.74) is 54.3. The van der Waals surface area contributed by atoms with Crippen LogP contribution in [-0.4, -0.2) is 0 Å². The molecule has 0 bridgehead atoms. The Balaban J connectivity index is 1.09. The molecule has 0 N–H and O–H groups in total. The van der Waals surface area contributed by atoms with Crippen molar-refractivity contribution < 1.29 is 0 Å². The highest BCUT2D eigenvalue weighted by Crippen LogP contribution is 2.67. The van der Waals surface area contributed by atoms with Crippen molar-refractivity contribution >= 4 is 17.1 Å². The van der Waals surface area contributed by atoms with Crippen LogP contribution in [0, 0.1) is 27.7 Å². The van der Waals surface area contributed by atoms with Gasteiger partial charge < -0.3 is 4.90 Å². The summed E-state index contributed by atoms with van der Waals surface area (Å²) in [7, 11) is 0. The van der Waals surface area contributed by atoms with Crippen molar-refractivity contribution in [3.63, 3.8) is 0 Å². The Kier molecular flexibility index (Phi) is 16.7. The zero-order chi connectivity index (χ0) is 76.7. The molecular weight excluding hydrogens is 1360 g/mol. The number of hydrogen-bond donors (Lipinski definition) is 0. The SMILES string of the molecule is Cc1cc2c(c(-c3c(-c4ccccc4-c4ccccc4)cc4c(c3-c3c5c(c(C(C)(C)C)c(-c6ccccc6)c3-c3ccccc3)-c3ccccc3C5)-c3c(c(N(c5ccccc5-c5ccccc5)c5c(C)c(C)cc6c5Cc5ccccc5-6)c(-c5ccccc5)c(-c5ccccc5)c3C(C)(C)C)C4)c1C)Cc1ccccc1-2. The molecule has 0 saturated carbocycles. The first-order valence-corrected chi connectivity index (χ1v) is 40.6. The summed E-state index contributed by atoms with van der Waals surface area (Å²) in [6.07, 6.45) is 2.99. The Morgan fingerprint density at radius 2 is 0.593 bits per heavy atom. The summed E-state index contributed by atoms with van der Waals surface area (Å²) in [6, 6.07) is 123. The van der Waals surface area contributed by atoms with Crippen LogP contribution in [0.3, 0.4) is 0 Å². The maximum Gasteiger partial charge on any atom is 0.0588 e. The van der Waals surface area contributed by atoms with E-state index in [0.717, 1.165) is 24.9 Å². The van der Waals surface area contributed by atoms with Crippen molar-refractivity contribution in [2.75, 3.05) is 4.90 Å². The molecule has 544 valence electrons. The maximum absolute atomic E-state index is 2.84. The fourth-order valence-corrected chi connectivity index (χ4v) is 20.4. The zero-order valence-corrected chi connectivity index (χ0v) is 66.4. The van der Waals surface area contributed by atoms with E-state index < -0.39 is 5.41 Å². The lowest BCUT2D eigenvalue weighted by Crippen LogP contribution is -2.22. The van der Waals surface area contributed by atoms with Crippen LogP contribution >= 0.6 is 0 Å². The molecule has 0 unspecified atom stereocenters. The van der Waals surface area contributed by atoms with Crippen molar-refractivity contribution in [3.05, 3.63) is 399 Å². The van der Waals surface area contributed by atoms with E-state index >= 15 is 0 Å². The Hall–Kier alpha value is -12.7. The molecular formula is C112H91N. The number of benzene rings is 16. The van der Waals surface area contributed by atoms with Crippen LogP contribution in [0.2, 0.25) is 0 Å². The Morgan fingerprint density at radius 1 is 0.212 bits per heavy atom. The highest BCUT2D eigenvalue weighted by atomic mass is 15.2. The Labute approximate surface area is 667 Å². The molecule has 113 heavy (non-hydrogen) atoms. The maximum atomic E-state index is 2.84. The highest BCUT2D eigenvalue weighted by molar-refractivity contribution is 6.18. The van der Waals surface area contributed by atoms with Crippen molar-refractivity contribution in [1.29, 1.82) is 0 Å². The number of aryl methyl sites for hydroxylation is 2. The van der Waals surface area contributed by atoms with Crippen LogP contribution in [0.4, 0.5) is 17.1 Å². The number of fused-ring (bicyclic) bond motifs is 12. The molecule has 0 saturated heterocycles. The van der Waals surface area contributed by atoms with Gasteiger partial charge >= 0.3 is 0 Å². The molecule has 4 aliphatic rings. The third-order valence-electron chi connectivity index (χ3n) is 25.3. The molecule has 4 aliphatic carbocycles. The van der Waals surface area contributed by atoms with Crippen LogP contribution in [0.15, 0.2) is 322 Å². The van der Waals surface area contributed by atoms with Gasteiger partial charge in [0.2, 0.25) is 0 Å². The van der Waals surface area contributed by atoms with Gasteiger partial charge in [0.25, 0.3) is 0 Å². The van der Waals surface area contributed by atoms with Crippen LogP contribution < -0.4 is 4.90 Å². The molecule has 0 aromatic heterocycles. The van der Waals surface area contributed by atoms with Gasteiger partial charge in [0.1, 0.15) is 0 Å². The zero-order valence-electron chi connectivity index (χ0n) is 66.4. The van der Waals surface area contributed by atoms with Gasteiger partial charge in [-0.2, -0.15) is 0 Å². The van der Waals surface area contributed by atoms with Gasteiger partial charge in [-0.15, -0.1) is 0 Å². The second-order valence-electron chi connectivity index (χ2n) is 34.1. The first-order valence-electron chi connectivity index (χ1n) is 40.6. The number of nitrogens with zero attached hydrogens (tertiary/aromatic N) is 1. The molecule has 16 aromatic rings. The quantitative estimate of drug-likeness (QED) is 0.118. The lowest BCUT2D eigenvalue weighted by molar-refractivity contribution is 0.593. The lowest BCUT2D eigenvalue weighted by Gasteiger charge is -2.39. The van der Waals surface area contributed by atoms with Gasteiger partial charge in [0.05, 0.1) is 17.1 Å². The monoisotopic (exact) mass is 1450 g/mol. The first-order chi connectivity index (χ1) is 55.1. The third kappa shape index (κ3) is 11.2. The van der Waals surface area contributed by atoms with Crippen molar-refractivity contribution in [3.8, 4) is 145 Å². The summed E-state index contributed by atoms with van der Waals surface area (Å²) in [5, 5.41) is 0. The fraction of sp³-hybridized carbons (Fsp3) is 0.143. The van der Waals surface area contributed by atoms with E-state index in [1.54, 1.807) is 0 Å². The molecule has 0 aliphatic heterocycles. The molecule has 16 aromatic carbocycles. The van der Waals surface area contributed by atoms with Crippen LogP contribution in [0.1, 0.15) is 119 Å². The molecule has 0 radical (unpaired) electrons. The predicted octanol–water partition coefficient (Wildman–Crippen LogP) is 30.3. The van der Waals surface area contributed by atoms with Crippen LogP contribution in [-0.2, 0) is 36.5 Å². The largest absolute Gasteiger partial charge is 0.308 e. The molecule has 0 fully saturated rings. The number of anilines is 3. The average molecular weight is 1450 g/mol. The molecule has 1 nitrogen and oxygen atoms in total. The summed E-state index contributed by atoms with van der Waals surface area (Å²) in [4.78, 5) is 2.84. The minimum absolute atomic E-state index is 0.329. The van der Waals surface area contributed by atoms with Crippen molar-refractivity contribution in [2.24, 2.45) is 0 Å². The molecule has 0 amide bonds. The summed E-state index contributed by atoms with van der Waals surface area (Å²) < 4.78 is 0. The predicted molar refractivity (Wildman–Crippen MR) is 479 cm³/mol.